The number of hydrogen-bond donors (Lipinski definition) is 3. The molecule has 2 aliphatic heterocycles. The van der Waals surface area contributed by atoms with Gasteiger partial charge < -0.3 is 48.5 Å². The second-order valence-corrected chi connectivity index (χ2v) is 21.6. The molecule has 26 heteroatoms. The van der Waals surface area contributed by atoms with Crippen LogP contribution in [0.4, 0.5) is 9.59 Å². The summed E-state index contributed by atoms with van der Waals surface area (Å²) >= 11 is 0. The molecule has 3 aliphatic rings. The number of rotatable bonds is 26. The van der Waals surface area contributed by atoms with Gasteiger partial charge >= 0.3 is 12.2 Å². The molecule has 90 heavy (non-hydrogen) atoms. The van der Waals surface area contributed by atoms with Crippen LogP contribution in [0.15, 0.2) is 202 Å². The Balaban J connectivity index is 0.000000244. The average molecular weight is 1230 g/mol. The van der Waals surface area contributed by atoms with Gasteiger partial charge in [-0.3, -0.25) is 9.80 Å². The highest BCUT2D eigenvalue weighted by molar-refractivity contribution is 5.69. The normalized spacial score (nSPS) is 23.3. The minimum Gasteiger partial charge on any atom is -0.445 e. The molecule has 6 aromatic rings. The van der Waals surface area contributed by atoms with Crippen LogP contribution in [0.2, 0.25) is 0 Å². The highest BCUT2D eigenvalue weighted by Crippen LogP contribution is 2.35. The van der Waals surface area contributed by atoms with Gasteiger partial charge in [0.25, 0.3) is 0 Å². The standard InChI is InChI=1S/C35H40N10O7.C29H32N4O5/c36-42-39-26-16-17-30(51-34(26)52-33-28(41-44-38)18-27(40-43-37)31(46)32(33)47)29(22-49-20-24-12-6-2-7-13-24)45(19-23-10-4-1-5-11-23)35(48)50-21-25-14-8-3-9-15-25;30-32-31-25-16-17-27(38-28(25)34)26(21-36-19-23-12-6-2-7-13-23)33(18-22-10-4-1-5-11-22)29(35)37-20-24-14-8-3-9-15-24/h1-15,26-34,46-47H,16-22H2;1-15,25-28,34H,16-21H2/t26-,27-,28+,29-,30+,31+,32-,33-,34-;25-,26-,27+,28?/m11/s1. The molecular formula is C64H72N14O12. The Hall–Kier alpha value is -9.22. The third kappa shape index (κ3) is 19.9. The topological polar surface area (TPSA) is 361 Å². The lowest BCUT2D eigenvalue weighted by Gasteiger charge is -2.45. The lowest BCUT2D eigenvalue weighted by atomic mass is 9.84. The fourth-order valence-electron chi connectivity index (χ4n) is 10.9. The largest absolute Gasteiger partial charge is 0.445 e. The Kier molecular flexibility index (Phi) is 26.5. The van der Waals surface area contributed by atoms with Crippen molar-refractivity contribution in [1.29, 1.82) is 0 Å². The number of ether oxygens (including phenoxy) is 7. The first-order valence-corrected chi connectivity index (χ1v) is 29.5. The SMILES string of the molecule is [N-]=[N+]=N[C@@H]1CC[C@@H]([C@@H](COCc2ccccc2)N(Cc2ccccc2)C(=O)OCc2ccccc2)OC1O.[N-]=[N+]=N[C@H]1C[C@@H](N=[N+]=[N-])[C@H](O)[C@@H](O)[C@@H]1O[C@H]1O[C@H]([C@@H](COCc2ccccc2)N(Cc2ccccc2)C(=O)OCc2ccccc2)CC[C@H]1N=[N+]=[N-]. The summed E-state index contributed by atoms with van der Waals surface area (Å²) in [6.07, 6.45) is -8.19. The quantitative estimate of drug-likeness (QED) is 0.0259. The van der Waals surface area contributed by atoms with Crippen molar-refractivity contribution in [2.75, 3.05) is 13.2 Å². The van der Waals surface area contributed by atoms with Gasteiger partial charge in [-0.2, -0.15) is 0 Å². The van der Waals surface area contributed by atoms with Gasteiger partial charge in [0, 0.05) is 32.7 Å². The first-order chi connectivity index (χ1) is 44.0. The summed E-state index contributed by atoms with van der Waals surface area (Å²) < 4.78 is 42.5. The number of amides is 2. The third-order valence-corrected chi connectivity index (χ3v) is 15.5. The summed E-state index contributed by atoms with van der Waals surface area (Å²) in [4.78, 5) is 42.1. The predicted octanol–water partition coefficient (Wildman–Crippen LogP) is 12.1. The monoisotopic (exact) mass is 1230 g/mol. The van der Waals surface area contributed by atoms with Crippen LogP contribution in [0.3, 0.4) is 0 Å². The first kappa shape index (κ1) is 66.7. The van der Waals surface area contributed by atoms with Crippen molar-refractivity contribution in [1.82, 2.24) is 9.80 Å². The Bertz CT molecular complexity index is 3340. The molecule has 2 heterocycles. The molecule has 1 unspecified atom stereocenters. The van der Waals surface area contributed by atoms with Gasteiger partial charge in [-0.1, -0.05) is 202 Å². The molecule has 0 aromatic heterocycles. The van der Waals surface area contributed by atoms with Gasteiger partial charge in [0.05, 0.1) is 87.1 Å². The maximum Gasteiger partial charge on any atom is 0.410 e. The maximum absolute atomic E-state index is 14.0. The number of hydrogen-bond acceptors (Lipinski definition) is 16. The summed E-state index contributed by atoms with van der Waals surface area (Å²) in [6, 6.07) is 52.0. The van der Waals surface area contributed by atoms with Gasteiger partial charge in [-0.05, 0) is 87.6 Å². The number of aliphatic hydroxyl groups is 3. The molecule has 3 N–H and O–H groups in total. The zero-order valence-electron chi connectivity index (χ0n) is 49.3. The van der Waals surface area contributed by atoms with Gasteiger partial charge in [0.1, 0.15) is 19.3 Å². The zero-order chi connectivity index (χ0) is 63.3. The molecule has 9 rings (SSSR count). The molecule has 470 valence electrons. The summed E-state index contributed by atoms with van der Waals surface area (Å²) in [6.45, 7) is 1.34. The molecule has 1 aliphatic carbocycles. The van der Waals surface area contributed by atoms with Crippen molar-refractivity contribution in [3.8, 4) is 0 Å². The zero-order valence-corrected chi connectivity index (χ0v) is 49.3. The fraction of sp³-hybridized carbons (Fsp3) is 0.406. The molecule has 0 bridgehead atoms. The van der Waals surface area contributed by atoms with Gasteiger partial charge in [-0.15, -0.1) is 0 Å². The lowest BCUT2D eigenvalue weighted by Crippen LogP contribution is -2.59. The molecule has 6 aromatic carbocycles. The molecular weight excluding hydrogens is 1160 g/mol. The van der Waals surface area contributed by atoms with E-state index < -0.39 is 91.5 Å². The maximum atomic E-state index is 14.0. The number of azide groups is 4. The van der Waals surface area contributed by atoms with E-state index in [0.717, 1.165) is 33.4 Å². The van der Waals surface area contributed by atoms with E-state index in [1.54, 1.807) is 9.80 Å². The highest BCUT2D eigenvalue weighted by atomic mass is 16.7. The van der Waals surface area contributed by atoms with Crippen molar-refractivity contribution >= 4 is 12.2 Å². The molecule has 3 fully saturated rings. The molecule has 0 spiro atoms. The van der Waals surface area contributed by atoms with Crippen LogP contribution >= 0.6 is 0 Å². The predicted molar refractivity (Wildman–Crippen MR) is 328 cm³/mol. The molecule has 13 atom stereocenters. The van der Waals surface area contributed by atoms with Crippen molar-refractivity contribution < 1.29 is 58.1 Å². The van der Waals surface area contributed by atoms with Crippen molar-refractivity contribution in [2.45, 2.75) is 151 Å². The van der Waals surface area contributed by atoms with Crippen LogP contribution in [0.25, 0.3) is 41.8 Å². The smallest absolute Gasteiger partial charge is 0.410 e. The number of carbonyl (C=O) groups is 2. The molecule has 2 saturated heterocycles. The first-order valence-electron chi connectivity index (χ1n) is 29.5. The summed E-state index contributed by atoms with van der Waals surface area (Å²) in [5, 5.41) is 47.1. The molecule has 1 saturated carbocycles. The Morgan fingerprint density at radius 1 is 0.456 bits per heavy atom. The Labute approximate surface area is 519 Å². The molecule has 26 nitrogen and oxygen atoms in total. The van der Waals surface area contributed by atoms with E-state index in [2.05, 4.69) is 40.1 Å². The summed E-state index contributed by atoms with van der Waals surface area (Å²) in [5.74, 6) is 0. The van der Waals surface area contributed by atoms with E-state index in [1.165, 1.54) is 0 Å². The van der Waals surface area contributed by atoms with Crippen LogP contribution < -0.4 is 0 Å². The minimum absolute atomic E-state index is 0.0195. The number of nitrogens with zero attached hydrogens (tertiary/aromatic N) is 14. The minimum atomic E-state index is -1.65. The van der Waals surface area contributed by atoms with Gasteiger partial charge in [0.2, 0.25) is 0 Å². The lowest BCUT2D eigenvalue weighted by molar-refractivity contribution is -0.262. The number of benzene rings is 6. The molecule has 2 amide bonds. The van der Waals surface area contributed by atoms with Crippen LogP contribution in [0.5, 0.6) is 0 Å². The number of aliphatic hydroxyl groups excluding tert-OH is 3. The number of carbonyl (C=O) groups excluding carboxylic acids is 2. The van der Waals surface area contributed by atoms with Crippen LogP contribution in [0, 0.1) is 0 Å². The highest BCUT2D eigenvalue weighted by Gasteiger charge is 2.48. The second kappa shape index (κ2) is 35.7. The van der Waals surface area contributed by atoms with Gasteiger partial charge in [-0.25, -0.2) is 9.59 Å². The van der Waals surface area contributed by atoms with Crippen LogP contribution in [0.1, 0.15) is 65.5 Å². The summed E-state index contributed by atoms with van der Waals surface area (Å²) in [5.41, 5.74) is 41.8. The van der Waals surface area contributed by atoms with E-state index >= 15 is 0 Å². The second-order valence-electron chi connectivity index (χ2n) is 21.6. The van der Waals surface area contributed by atoms with E-state index in [0.29, 0.717) is 25.9 Å². The van der Waals surface area contributed by atoms with Crippen LogP contribution in [-0.4, -0.2) is 130 Å². The van der Waals surface area contributed by atoms with E-state index in [9.17, 15) is 36.0 Å². The Morgan fingerprint density at radius 3 is 1.22 bits per heavy atom. The van der Waals surface area contributed by atoms with Crippen molar-refractivity contribution in [2.24, 2.45) is 20.5 Å². The van der Waals surface area contributed by atoms with E-state index in [4.69, 9.17) is 44.2 Å². The Morgan fingerprint density at radius 2 is 0.811 bits per heavy atom. The van der Waals surface area contributed by atoms with E-state index in [1.807, 2.05) is 182 Å². The van der Waals surface area contributed by atoms with E-state index in [-0.39, 0.29) is 59.0 Å². The molecule has 0 radical (unpaired) electrons. The van der Waals surface area contributed by atoms with Crippen molar-refractivity contribution in [3.05, 3.63) is 257 Å². The van der Waals surface area contributed by atoms with Gasteiger partial charge in [0.15, 0.2) is 12.6 Å². The average Bonchev–Trinajstić information content (AvgIpc) is 1.37. The third-order valence-electron chi connectivity index (χ3n) is 15.5. The van der Waals surface area contributed by atoms with Crippen LogP contribution in [-0.2, 0) is 72.7 Å². The fourth-order valence-corrected chi connectivity index (χ4v) is 10.9. The summed E-state index contributed by atoms with van der Waals surface area (Å²) in [7, 11) is 0. The van der Waals surface area contributed by atoms with Crippen molar-refractivity contribution in [3.63, 3.8) is 0 Å².